The number of piperidine rings is 1. The standard InChI is InChI=1S/C19H27N3O3S/c1-20-14-19(13-15(20)17(23)22-8-10-25-11-9-22)4-6-21(7-5-19)18(24)16-3-2-12-26-16/h2-3,12,15H,4-11,13-14H2,1H3. The first-order chi connectivity index (χ1) is 12.6. The van der Waals surface area contributed by atoms with Crippen LogP contribution in [0.15, 0.2) is 17.5 Å². The number of likely N-dealkylation sites (tertiary alicyclic amines) is 2. The van der Waals surface area contributed by atoms with Crippen molar-refractivity contribution in [3.63, 3.8) is 0 Å². The summed E-state index contributed by atoms with van der Waals surface area (Å²) in [5.41, 5.74) is 0.174. The second kappa shape index (κ2) is 7.29. The summed E-state index contributed by atoms with van der Waals surface area (Å²) in [6.45, 7) is 5.25. The summed E-state index contributed by atoms with van der Waals surface area (Å²) in [5.74, 6) is 0.409. The maximum absolute atomic E-state index is 12.9. The molecule has 0 bridgehead atoms. The van der Waals surface area contributed by atoms with E-state index in [4.69, 9.17) is 4.74 Å². The minimum absolute atomic E-state index is 0.0207. The van der Waals surface area contributed by atoms with Crippen LogP contribution in [0.3, 0.4) is 0 Å². The molecule has 3 aliphatic heterocycles. The predicted molar refractivity (Wildman–Crippen MR) is 100 cm³/mol. The van der Waals surface area contributed by atoms with Crippen molar-refractivity contribution < 1.29 is 14.3 Å². The van der Waals surface area contributed by atoms with Crippen LogP contribution in [0.5, 0.6) is 0 Å². The van der Waals surface area contributed by atoms with Gasteiger partial charge in [-0.15, -0.1) is 11.3 Å². The van der Waals surface area contributed by atoms with Gasteiger partial charge in [-0.1, -0.05) is 6.07 Å². The number of carbonyl (C=O) groups excluding carboxylic acids is 2. The molecule has 0 saturated carbocycles. The summed E-state index contributed by atoms with van der Waals surface area (Å²) < 4.78 is 5.37. The lowest BCUT2D eigenvalue weighted by molar-refractivity contribution is -0.139. The van der Waals surface area contributed by atoms with Crippen molar-refractivity contribution in [2.75, 3.05) is 53.0 Å². The van der Waals surface area contributed by atoms with E-state index in [0.29, 0.717) is 26.3 Å². The van der Waals surface area contributed by atoms with Crippen LogP contribution in [0.1, 0.15) is 28.9 Å². The van der Waals surface area contributed by atoms with Gasteiger partial charge in [0.15, 0.2) is 0 Å². The van der Waals surface area contributed by atoms with Crippen molar-refractivity contribution in [1.82, 2.24) is 14.7 Å². The van der Waals surface area contributed by atoms with Gasteiger partial charge in [0.25, 0.3) is 5.91 Å². The number of morpholine rings is 1. The Balaban J connectivity index is 1.37. The lowest BCUT2D eigenvalue weighted by Crippen LogP contribution is -2.48. The van der Waals surface area contributed by atoms with Crippen molar-refractivity contribution in [3.8, 4) is 0 Å². The van der Waals surface area contributed by atoms with Gasteiger partial charge in [0.1, 0.15) is 0 Å². The average Bonchev–Trinajstić information content (AvgIpc) is 3.31. The minimum atomic E-state index is -0.0207. The van der Waals surface area contributed by atoms with E-state index < -0.39 is 0 Å². The molecule has 1 unspecified atom stereocenters. The molecular weight excluding hydrogens is 350 g/mol. The Kier molecular flexibility index (Phi) is 5.03. The highest BCUT2D eigenvalue weighted by molar-refractivity contribution is 7.12. The molecule has 1 aromatic rings. The van der Waals surface area contributed by atoms with Crippen molar-refractivity contribution >= 4 is 23.2 Å². The number of rotatable bonds is 2. The maximum atomic E-state index is 12.9. The fourth-order valence-electron chi connectivity index (χ4n) is 4.64. The Bertz CT molecular complexity index is 649. The van der Waals surface area contributed by atoms with Crippen molar-refractivity contribution in [3.05, 3.63) is 22.4 Å². The largest absolute Gasteiger partial charge is 0.378 e. The van der Waals surface area contributed by atoms with E-state index >= 15 is 0 Å². The molecule has 142 valence electrons. The highest BCUT2D eigenvalue weighted by atomic mass is 32.1. The molecule has 0 aromatic carbocycles. The maximum Gasteiger partial charge on any atom is 0.263 e. The molecule has 3 aliphatic rings. The van der Waals surface area contributed by atoms with Crippen LogP contribution in [0.4, 0.5) is 0 Å². The lowest BCUT2D eigenvalue weighted by Gasteiger charge is -2.39. The van der Waals surface area contributed by atoms with Crippen LogP contribution >= 0.6 is 11.3 Å². The third kappa shape index (κ3) is 3.40. The first-order valence-electron chi connectivity index (χ1n) is 9.48. The highest BCUT2D eigenvalue weighted by Gasteiger charge is 2.48. The monoisotopic (exact) mass is 377 g/mol. The molecule has 1 atom stereocenters. The molecule has 0 aliphatic carbocycles. The number of nitrogens with zero attached hydrogens (tertiary/aromatic N) is 3. The van der Waals surface area contributed by atoms with Crippen LogP contribution in [-0.4, -0.2) is 85.5 Å². The van der Waals surface area contributed by atoms with E-state index in [2.05, 4.69) is 11.9 Å². The number of hydrogen-bond donors (Lipinski definition) is 0. The van der Waals surface area contributed by atoms with Gasteiger partial charge in [0.05, 0.1) is 24.1 Å². The molecule has 4 heterocycles. The molecule has 6 nitrogen and oxygen atoms in total. The summed E-state index contributed by atoms with van der Waals surface area (Å²) in [4.78, 5) is 32.5. The number of carbonyl (C=O) groups is 2. The average molecular weight is 378 g/mol. The third-order valence-corrected chi connectivity index (χ3v) is 7.05. The zero-order valence-corrected chi connectivity index (χ0v) is 16.2. The van der Waals surface area contributed by atoms with Gasteiger partial charge in [-0.05, 0) is 43.2 Å². The number of likely N-dealkylation sites (N-methyl/N-ethyl adjacent to an activating group) is 1. The second-order valence-corrected chi connectivity index (χ2v) is 8.79. The summed E-state index contributed by atoms with van der Waals surface area (Å²) in [5, 5.41) is 1.95. The predicted octanol–water partition coefficient (Wildman–Crippen LogP) is 1.53. The van der Waals surface area contributed by atoms with Gasteiger partial charge in [0.2, 0.25) is 5.91 Å². The van der Waals surface area contributed by atoms with Gasteiger partial charge in [-0.25, -0.2) is 0 Å². The van der Waals surface area contributed by atoms with Crippen molar-refractivity contribution in [2.24, 2.45) is 5.41 Å². The topological polar surface area (TPSA) is 53.1 Å². The SMILES string of the molecule is CN1CC2(CCN(C(=O)c3cccs3)CC2)CC1C(=O)N1CCOCC1. The summed E-state index contributed by atoms with van der Waals surface area (Å²) in [6, 6.07) is 3.81. The van der Waals surface area contributed by atoms with Gasteiger partial charge in [-0.3, -0.25) is 14.5 Å². The summed E-state index contributed by atoms with van der Waals surface area (Å²) >= 11 is 1.51. The van der Waals surface area contributed by atoms with E-state index in [1.165, 1.54) is 11.3 Å². The normalized spacial score (nSPS) is 26.4. The number of thiophene rings is 1. The molecule has 3 saturated heterocycles. The molecule has 1 spiro atoms. The highest BCUT2D eigenvalue weighted by Crippen LogP contribution is 2.43. The Morgan fingerprint density at radius 2 is 1.88 bits per heavy atom. The molecule has 2 amide bonds. The van der Waals surface area contributed by atoms with Crippen LogP contribution < -0.4 is 0 Å². The fraction of sp³-hybridized carbons (Fsp3) is 0.684. The van der Waals surface area contributed by atoms with Crippen LogP contribution in [0.25, 0.3) is 0 Å². The van der Waals surface area contributed by atoms with Gasteiger partial charge in [0, 0.05) is 32.7 Å². The zero-order chi connectivity index (χ0) is 18.1. The van der Waals surface area contributed by atoms with Crippen LogP contribution in [-0.2, 0) is 9.53 Å². The molecule has 0 radical (unpaired) electrons. The molecule has 4 rings (SSSR count). The third-order valence-electron chi connectivity index (χ3n) is 6.19. The summed E-state index contributed by atoms with van der Waals surface area (Å²) in [6.07, 6.45) is 2.89. The zero-order valence-electron chi connectivity index (χ0n) is 15.4. The van der Waals surface area contributed by atoms with E-state index in [1.807, 2.05) is 27.3 Å². The fourth-order valence-corrected chi connectivity index (χ4v) is 5.33. The van der Waals surface area contributed by atoms with E-state index in [-0.39, 0.29) is 23.3 Å². The molecule has 1 aromatic heterocycles. The van der Waals surface area contributed by atoms with Crippen molar-refractivity contribution in [1.29, 1.82) is 0 Å². The molecule has 3 fully saturated rings. The smallest absolute Gasteiger partial charge is 0.263 e. The first-order valence-corrected chi connectivity index (χ1v) is 10.4. The van der Waals surface area contributed by atoms with Gasteiger partial charge < -0.3 is 14.5 Å². The van der Waals surface area contributed by atoms with Gasteiger partial charge in [-0.2, -0.15) is 0 Å². The van der Waals surface area contributed by atoms with Crippen LogP contribution in [0.2, 0.25) is 0 Å². The van der Waals surface area contributed by atoms with Gasteiger partial charge >= 0.3 is 0 Å². The second-order valence-electron chi connectivity index (χ2n) is 7.84. The number of hydrogen-bond acceptors (Lipinski definition) is 5. The van der Waals surface area contributed by atoms with E-state index in [9.17, 15) is 9.59 Å². The Morgan fingerprint density at radius 3 is 2.54 bits per heavy atom. The molecule has 0 N–H and O–H groups in total. The number of amides is 2. The first kappa shape index (κ1) is 17.9. The summed E-state index contributed by atoms with van der Waals surface area (Å²) in [7, 11) is 2.07. The van der Waals surface area contributed by atoms with E-state index in [0.717, 1.165) is 43.8 Å². The minimum Gasteiger partial charge on any atom is -0.378 e. The van der Waals surface area contributed by atoms with E-state index in [1.54, 1.807) is 0 Å². The molecule has 7 heteroatoms. The Labute approximate surface area is 158 Å². The Hall–Kier alpha value is -1.44. The van der Waals surface area contributed by atoms with Crippen molar-refractivity contribution in [2.45, 2.75) is 25.3 Å². The Morgan fingerprint density at radius 1 is 1.15 bits per heavy atom. The van der Waals surface area contributed by atoms with Crippen LogP contribution in [0, 0.1) is 5.41 Å². The molecular formula is C19H27N3O3S. The molecule has 26 heavy (non-hydrogen) atoms. The quantitative estimate of drug-likeness (QED) is 0.784. The number of ether oxygens (including phenoxy) is 1. The lowest BCUT2D eigenvalue weighted by atomic mass is 9.76.